The molecule has 1 aromatic rings. The van der Waals surface area contributed by atoms with Crippen molar-refractivity contribution in [2.45, 2.75) is 77.0 Å². The van der Waals surface area contributed by atoms with Crippen LogP contribution in [0.1, 0.15) is 76.2 Å². The van der Waals surface area contributed by atoms with Crippen LogP contribution < -0.4 is 0 Å². The number of carboxylic acids is 1. The van der Waals surface area contributed by atoms with E-state index in [9.17, 15) is 9.90 Å². The molecule has 3 nitrogen and oxygen atoms in total. The quantitative estimate of drug-likeness (QED) is 0.278. The molecular weight excluding hydrogens is 348 g/mol. The lowest BCUT2D eigenvalue weighted by Crippen LogP contribution is -2.04. The van der Waals surface area contributed by atoms with E-state index in [1.54, 1.807) is 12.1 Å². The van der Waals surface area contributed by atoms with Gasteiger partial charge in [0, 0.05) is 6.42 Å². The number of phenolic OH excluding ortho intramolecular Hbond substituents is 1. The molecule has 0 radical (unpaired) electrons. The number of benzene rings is 1. The molecule has 1 aliphatic rings. The number of hydrogen-bond acceptors (Lipinski definition) is 2. The van der Waals surface area contributed by atoms with Gasteiger partial charge in [0.2, 0.25) is 0 Å². The number of phenols is 1. The van der Waals surface area contributed by atoms with Crippen LogP contribution in [0.2, 0.25) is 0 Å². The molecule has 2 atom stereocenters. The lowest BCUT2D eigenvalue weighted by molar-refractivity contribution is -0.136. The number of carboxylic acid groups (broad SMARTS) is 1. The van der Waals surface area contributed by atoms with Crippen LogP contribution in [0, 0.1) is 11.8 Å². The fraction of sp³-hybridized carbons (Fsp3) is 0.560. The highest BCUT2D eigenvalue weighted by Gasteiger charge is 2.10. The summed E-state index contributed by atoms with van der Waals surface area (Å²) in [7, 11) is 0. The monoisotopic (exact) mass is 384 g/mol. The van der Waals surface area contributed by atoms with Crippen molar-refractivity contribution in [3.63, 3.8) is 0 Å². The van der Waals surface area contributed by atoms with Gasteiger partial charge in [-0.3, -0.25) is 4.79 Å². The minimum Gasteiger partial charge on any atom is -0.508 e. The van der Waals surface area contributed by atoms with Crippen LogP contribution in [0.5, 0.6) is 5.75 Å². The number of allylic oxidation sites excluding steroid dienone is 4. The highest BCUT2D eigenvalue weighted by molar-refractivity contribution is 5.66. The van der Waals surface area contributed by atoms with Crippen molar-refractivity contribution in [2.75, 3.05) is 0 Å². The van der Waals surface area contributed by atoms with E-state index in [2.05, 4.69) is 18.2 Å². The van der Waals surface area contributed by atoms with Crippen LogP contribution in [-0.4, -0.2) is 16.2 Å². The van der Waals surface area contributed by atoms with Crippen LogP contribution in [-0.2, 0) is 11.2 Å². The van der Waals surface area contributed by atoms with Crippen molar-refractivity contribution in [3.8, 4) is 5.75 Å². The second-order valence-electron chi connectivity index (χ2n) is 8.13. The van der Waals surface area contributed by atoms with Crippen LogP contribution in [0.4, 0.5) is 0 Å². The van der Waals surface area contributed by atoms with Gasteiger partial charge in [-0.15, -0.1) is 0 Å². The Morgan fingerprint density at radius 1 is 1.11 bits per heavy atom. The Morgan fingerprint density at radius 2 is 1.89 bits per heavy atom. The van der Waals surface area contributed by atoms with Gasteiger partial charge in [-0.2, -0.15) is 0 Å². The zero-order valence-corrected chi connectivity index (χ0v) is 17.1. The Bertz CT molecular complexity index is 615. The molecule has 2 rings (SSSR count). The Morgan fingerprint density at radius 3 is 2.61 bits per heavy atom. The molecular formula is C25H36O3. The molecule has 0 bridgehead atoms. The molecule has 0 aromatic heterocycles. The minimum absolute atomic E-state index is 0.204. The van der Waals surface area contributed by atoms with Crippen molar-refractivity contribution in [2.24, 2.45) is 11.8 Å². The van der Waals surface area contributed by atoms with Gasteiger partial charge >= 0.3 is 5.97 Å². The van der Waals surface area contributed by atoms with E-state index in [1.165, 1.54) is 56.9 Å². The third-order valence-electron chi connectivity index (χ3n) is 5.67. The first kappa shape index (κ1) is 22.3. The van der Waals surface area contributed by atoms with E-state index in [0.29, 0.717) is 18.1 Å². The molecule has 1 aromatic carbocycles. The third kappa shape index (κ3) is 9.77. The van der Waals surface area contributed by atoms with Gasteiger partial charge in [0.15, 0.2) is 0 Å². The van der Waals surface area contributed by atoms with Gasteiger partial charge < -0.3 is 10.2 Å². The van der Waals surface area contributed by atoms with Gasteiger partial charge in [0.1, 0.15) is 5.75 Å². The summed E-state index contributed by atoms with van der Waals surface area (Å²) < 4.78 is 0. The first-order valence-electron chi connectivity index (χ1n) is 10.9. The van der Waals surface area contributed by atoms with E-state index in [0.717, 1.165) is 18.8 Å². The van der Waals surface area contributed by atoms with E-state index >= 15 is 0 Å². The maximum absolute atomic E-state index is 10.6. The molecule has 0 aliphatic heterocycles. The number of hydrogen-bond donors (Lipinski definition) is 2. The van der Waals surface area contributed by atoms with E-state index in [-0.39, 0.29) is 6.42 Å². The van der Waals surface area contributed by atoms with E-state index in [4.69, 9.17) is 5.11 Å². The summed E-state index contributed by atoms with van der Waals surface area (Å²) in [6.07, 6.45) is 22.1. The molecule has 0 spiro atoms. The topological polar surface area (TPSA) is 57.5 Å². The fourth-order valence-corrected chi connectivity index (χ4v) is 4.01. The van der Waals surface area contributed by atoms with Crippen molar-refractivity contribution in [3.05, 3.63) is 54.1 Å². The average molecular weight is 385 g/mol. The minimum atomic E-state index is -0.738. The maximum Gasteiger partial charge on any atom is 0.303 e. The van der Waals surface area contributed by atoms with Gasteiger partial charge in [-0.25, -0.2) is 0 Å². The Hall–Kier alpha value is -2.03. The van der Waals surface area contributed by atoms with Crippen molar-refractivity contribution in [1.82, 2.24) is 0 Å². The zero-order chi connectivity index (χ0) is 20.0. The molecule has 154 valence electrons. The molecule has 0 heterocycles. The van der Waals surface area contributed by atoms with Crippen molar-refractivity contribution in [1.29, 1.82) is 0 Å². The lowest BCUT2D eigenvalue weighted by Gasteiger charge is -2.16. The van der Waals surface area contributed by atoms with Gasteiger partial charge in [0.25, 0.3) is 0 Å². The van der Waals surface area contributed by atoms with Gasteiger partial charge in [0.05, 0.1) is 0 Å². The highest BCUT2D eigenvalue weighted by atomic mass is 16.4. The smallest absolute Gasteiger partial charge is 0.303 e. The largest absolute Gasteiger partial charge is 0.508 e. The highest BCUT2D eigenvalue weighted by Crippen LogP contribution is 2.25. The summed E-state index contributed by atoms with van der Waals surface area (Å²) in [6, 6.07) is 7.52. The summed E-state index contributed by atoms with van der Waals surface area (Å²) in [5.41, 5.74) is 1.26. The van der Waals surface area contributed by atoms with Crippen molar-refractivity contribution < 1.29 is 15.0 Å². The molecule has 1 aliphatic carbocycles. The number of unbranched alkanes of at least 4 members (excludes halogenated alkanes) is 3. The van der Waals surface area contributed by atoms with Crippen molar-refractivity contribution >= 4 is 5.97 Å². The summed E-state index contributed by atoms with van der Waals surface area (Å²) in [5.74, 6) is 0.978. The zero-order valence-electron chi connectivity index (χ0n) is 17.1. The fourth-order valence-electron chi connectivity index (χ4n) is 4.01. The predicted molar refractivity (Wildman–Crippen MR) is 115 cm³/mol. The van der Waals surface area contributed by atoms with Crippen LogP contribution in [0.3, 0.4) is 0 Å². The molecule has 0 saturated carbocycles. The summed E-state index contributed by atoms with van der Waals surface area (Å²) in [4.78, 5) is 10.6. The van der Waals surface area contributed by atoms with Crippen LogP contribution in [0.15, 0.2) is 48.6 Å². The van der Waals surface area contributed by atoms with E-state index < -0.39 is 5.97 Å². The average Bonchev–Trinajstić information content (AvgIpc) is 3.19. The summed E-state index contributed by atoms with van der Waals surface area (Å²) >= 11 is 0. The second kappa shape index (κ2) is 13.2. The van der Waals surface area contributed by atoms with Crippen LogP contribution in [0.25, 0.3) is 0 Å². The van der Waals surface area contributed by atoms with Crippen LogP contribution >= 0.6 is 0 Å². The SMILES string of the molecule is O=C(O)CC/C=C/C[C@H](CCCCCC[C@@H]1C=CCC1)Cc1ccc(O)cc1. The third-order valence-corrected chi connectivity index (χ3v) is 5.67. The van der Waals surface area contributed by atoms with E-state index in [1.807, 2.05) is 18.2 Å². The molecule has 0 fully saturated rings. The van der Waals surface area contributed by atoms with Gasteiger partial charge in [-0.05, 0) is 74.5 Å². The normalized spacial score (nSPS) is 17.4. The number of carbonyl (C=O) groups is 1. The molecule has 0 amide bonds. The second-order valence-corrected chi connectivity index (χ2v) is 8.13. The summed E-state index contributed by atoms with van der Waals surface area (Å²) in [5, 5.41) is 18.2. The predicted octanol–water partition coefficient (Wildman–Crippen LogP) is 6.67. The molecule has 2 N–H and O–H groups in total. The number of aliphatic carboxylic acids is 1. The molecule has 0 saturated heterocycles. The lowest BCUT2D eigenvalue weighted by atomic mass is 9.90. The maximum atomic E-state index is 10.6. The molecule has 28 heavy (non-hydrogen) atoms. The number of aromatic hydroxyl groups is 1. The summed E-state index contributed by atoms with van der Waals surface area (Å²) in [6.45, 7) is 0. The molecule has 3 heteroatoms. The molecule has 0 unspecified atom stereocenters. The Kier molecular flexibility index (Phi) is 10.5. The number of rotatable bonds is 14. The first-order chi connectivity index (χ1) is 13.6. The Balaban J connectivity index is 1.70. The Labute approximate surface area is 170 Å². The van der Waals surface area contributed by atoms with Gasteiger partial charge in [-0.1, -0.05) is 62.1 Å². The standard InChI is InChI=1S/C25H36O3/c26-24-18-16-23(17-19-24)20-22(14-6-3-7-15-25(27)28)13-5-2-1-4-10-21-11-8-9-12-21/h3,6,8,11,16-19,21-22,26H,1-2,4-5,7,9-10,12-15,20H2,(H,27,28)/b6-3+/t21-,22+/m1/s1. The first-order valence-corrected chi connectivity index (χ1v) is 10.9.